The lowest BCUT2D eigenvalue weighted by Gasteiger charge is -2.15. The lowest BCUT2D eigenvalue weighted by atomic mass is 10.0. The average Bonchev–Trinajstić information content (AvgIpc) is 3.11. The number of hydrogen-bond acceptors (Lipinski definition) is 5. The van der Waals surface area contributed by atoms with Gasteiger partial charge in [0.25, 0.3) is 5.91 Å². The highest BCUT2D eigenvalue weighted by atomic mass is 16.3. The minimum Gasteiger partial charge on any atom is -0.393 e. The fourth-order valence-corrected chi connectivity index (χ4v) is 3.34. The first-order valence-electron chi connectivity index (χ1n) is 8.22. The molecule has 0 saturated heterocycles. The van der Waals surface area contributed by atoms with E-state index in [0.717, 1.165) is 29.2 Å². The van der Waals surface area contributed by atoms with Crippen LogP contribution >= 0.6 is 0 Å². The normalized spacial score (nSPS) is 23.4. The van der Waals surface area contributed by atoms with Gasteiger partial charge in [-0.1, -0.05) is 6.07 Å². The molecule has 1 aliphatic rings. The number of rotatable bonds is 4. The van der Waals surface area contributed by atoms with Crippen LogP contribution in [-0.2, 0) is 0 Å². The summed E-state index contributed by atoms with van der Waals surface area (Å²) in [6.07, 6.45) is 2.62. The van der Waals surface area contributed by atoms with Gasteiger partial charge < -0.3 is 10.4 Å². The van der Waals surface area contributed by atoms with Gasteiger partial charge in [-0.25, -0.2) is 4.98 Å². The topological polar surface area (TPSA) is 104 Å². The summed E-state index contributed by atoms with van der Waals surface area (Å²) in [7, 11) is 0. The summed E-state index contributed by atoms with van der Waals surface area (Å²) in [5, 5.41) is 20.2. The number of hydrogen-bond donors (Lipinski definition) is 3. The van der Waals surface area contributed by atoms with Crippen molar-refractivity contribution in [2.45, 2.75) is 45.6 Å². The fourth-order valence-electron chi connectivity index (χ4n) is 3.34. The van der Waals surface area contributed by atoms with Gasteiger partial charge in [0.05, 0.1) is 6.10 Å². The van der Waals surface area contributed by atoms with Crippen LogP contribution in [0.25, 0.3) is 0 Å². The Hall–Kier alpha value is -2.28. The number of aromatic amines is 1. The molecule has 0 spiro atoms. The SMILES string of the molecule is Cc1cnc(C(=O)NC[C@H]2C[C@H](c3n[nH]c(C)n3)C[C@H]2O)c(C)c1. The Morgan fingerprint density at radius 1 is 1.38 bits per heavy atom. The molecule has 7 nitrogen and oxygen atoms in total. The molecule has 0 unspecified atom stereocenters. The highest BCUT2D eigenvalue weighted by Gasteiger charge is 2.35. The average molecular weight is 329 g/mol. The number of nitrogens with zero attached hydrogens (tertiary/aromatic N) is 3. The van der Waals surface area contributed by atoms with Gasteiger partial charge >= 0.3 is 0 Å². The highest BCUT2D eigenvalue weighted by molar-refractivity contribution is 5.93. The third-order valence-electron chi connectivity index (χ3n) is 4.59. The maximum absolute atomic E-state index is 12.3. The Morgan fingerprint density at radius 2 is 2.17 bits per heavy atom. The van der Waals surface area contributed by atoms with Crippen molar-refractivity contribution in [3.63, 3.8) is 0 Å². The van der Waals surface area contributed by atoms with Crippen molar-refractivity contribution in [3.05, 3.63) is 40.7 Å². The molecule has 0 aromatic carbocycles. The molecule has 3 rings (SSSR count). The zero-order chi connectivity index (χ0) is 17.3. The maximum Gasteiger partial charge on any atom is 0.270 e. The number of carbonyl (C=O) groups excluding carboxylic acids is 1. The van der Waals surface area contributed by atoms with Crippen molar-refractivity contribution in [2.75, 3.05) is 6.54 Å². The van der Waals surface area contributed by atoms with E-state index in [-0.39, 0.29) is 17.7 Å². The summed E-state index contributed by atoms with van der Waals surface area (Å²) >= 11 is 0. The number of carbonyl (C=O) groups is 1. The summed E-state index contributed by atoms with van der Waals surface area (Å²) in [5.74, 6) is 1.46. The predicted molar refractivity (Wildman–Crippen MR) is 88.6 cm³/mol. The molecule has 1 fully saturated rings. The second-order valence-electron chi connectivity index (χ2n) is 6.66. The van der Waals surface area contributed by atoms with E-state index in [1.807, 2.05) is 26.8 Å². The Bertz CT molecular complexity index is 742. The minimum absolute atomic E-state index is 0.00325. The van der Waals surface area contributed by atoms with E-state index in [1.165, 1.54) is 0 Å². The minimum atomic E-state index is -0.457. The monoisotopic (exact) mass is 329 g/mol. The highest BCUT2D eigenvalue weighted by Crippen LogP contribution is 2.36. The van der Waals surface area contributed by atoms with Gasteiger partial charge in [-0.05, 0) is 44.7 Å². The Balaban J connectivity index is 1.59. The number of amides is 1. The van der Waals surface area contributed by atoms with Gasteiger partial charge in [-0.15, -0.1) is 0 Å². The molecule has 2 aromatic heterocycles. The van der Waals surface area contributed by atoms with Crippen LogP contribution in [0.1, 0.15) is 52.0 Å². The molecule has 128 valence electrons. The van der Waals surface area contributed by atoms with E-state index in [1.54, 1.807) is 6.20 Å². The summed E-state index contributed by atoms with van der Waals surface area (Å²) in [4.78, 5) is 20.9. The van der Waals surface area contributed by atoms with Crippen LogP contribution in [0.2, 0.25) is 0 Å². The largest absolute Gasteiger partial charge is 0.393 e. The van der Waals surface area contributed by atoms with Gasteiger partial charge in [0.1, 0.15) is 11.5 Å². The molecule has 1 aliphatic carbocycles. The van der Waals surface area contributed by atoms with E-state index in [0.29, 0.717) is 18.7 Å². The number of H-pyrrole nitrogens is 1. The van der Waals surface area contributed by atoms with Crippen molar-refractivity contribution in [1.82, 2.24) is 25.5 Å². The van der Waals surface area contributed by atoms with Crippen molar-refractivity contribution < 1.29 is 9.90 Å². The summed E-state index contributed by atoms with van der Waals surface area (Å²) in [6, 6.07) is 1.94. The van der Waals surface area contributed by atoms with Crippen molar-refractivity contribution in [3.8, 4) is 0 Å². The quantitative estimate of drug-likeness (QED) is 0.787. The van der Waals surface area contributed by atoms with Gasteiger partial charge in [-0.2, -0.15) is 5.10 Å². The Labute approximate surface area is 140 Å². The molecule has 3 atom stereocenters. The Kier molecular flexibility index (Phi) is 4.62. The van der Waals surface area contributed by atoms with E-state index in [9.17, 15) is 9.90 Å². The van der Waals surface area contributed by atoms with Crippen LogP contribution < -0.4 is 5.32 Å². The maximum atomic E-state index is 12.3. The zero-order valence-electron chi connectivity index (χ0n) is 14.2. The molecule has 0 bridgehead atoms. The lowest BCUT2D eigenvalue weighted by molar-refractivity contribution is 0.0911. The molecule has 24 heavy (non-hydrogen) atoms. The molecule has 0 aliphatic heterocycles. The van der Waals surface area contributed by atoms with Crippen molar-refractivity contribution >= 4 is 5.91 Å². The molecule has 2 heterocycles. The van der Waals surface area contributed by atoms with E-state index in [4.69, 9.17) is 0 Å². The fraction of sp³-hybridized carbons (Fsp3) is 0.529. The number of aliphatic hydroxyl groups excluding tert-OH is 1. The van der Waals surface area contributed by atoms with Gasteiger partial charge in [0.2, 0.25) is 0 Å². The van der Waals surface area contributed by atoms with E-state index < -0.39 is 6.10 Å². The van der Waals surface area contributed by atoms with Crippen LogP contribution in [0.15, 0.2) is 12.3 Å². The molecule has 1 saturated carbocycles. The van der Waals surface area contributed by atoms with E-state index >= 15 is 0 Å². The first-order valence-corrected chi connectivity index (χ1v) is 8.22. The first kappa shape index (κ1) is 16.6. The predicted octanol–water partition coefficient (Wildman–Crippen LogP) is 1.41. The molecule has 2 aromatic rings. The molecule has 3 N–H and O–H groups in total. The number of aliphatic hydroxyl groups is 1. The van der Waals surface area contributed by atoms with E-state index in [2.05, 4.69) is 25.5 Å². The number of aryl methyl sites for hydroxylation is 3. The van der Waals surface area contributed by atoms with Gasteiger partial charge in [0.15, 0.2) is 5.82 Å². The van der Waals surface area contributed by atoms with Crippen LogP contribution in [0.4, 0.5) is 0 Å². The molecular formula is C17H23N5O2. The first-order chi connectivity index (χ1) is 11.4. The second kappa shape index (κ2) is 6.68. The third kappa shape index (κ3) is 3.46. The molecular weight excluding hydrogens is 306 g/mol. The number of pyridine rings is 1. The summed E-state index contributed by atoms with van der Waals surface area (Å²) < 4.78 is 0. The van der Waals surface area contributed by atoms with Gasteiger partial charge in [0, 0.05) is 24.6 Å². The van der Waals surface area contributed by atoms with Crippen LogP contribution in [-0.4, -0.2) is 43.8 Å². The number of nitrogens with one attached hydrogen (secondary N) is 2. The second-order valence-corrected chi connectivity index (χ2v) is 6.66. The Morgan fingerprint density at radius 3 is 2.83 bits per heavy atom. The van der Waals surface area contributed by atoms with Crippen LogP contribution in [0.5, 0.6) is 0 Å². The molecule has 7 heteroatoms. The standard InChI is InChI=1S/C17H23N5O2/c1-9-4-10(2)15(18-7-9)17(24)19-8-13-5-12(6-14(13)23)16-20-11(3)21-22-16/h4,7,12-14,23H,5-6,8H2,1-3H3,(H,19,24)(H,20,21,22)/t12-,13+,14+/m0/s1. The van der Waals surface area contributed by atoms with Gasteiger partial charge in [-0.3, -0.25) is 14.9 Å². The molecule has 1 amide bonds. The number of aromatic nitrogens is 4. The van der Waals surface area contributed by atoms with Crippen LogP contribution in [0, 0.1) is 26.7 Å². The smallest absolute Gasteiger partial charge is 0.270 e. The van der Waals surface area contributed by atoms with Crippen molar-refractivity contribution in [1.29, 1.82) is 0 Å². The lowest BCUT2D eigenvalue weighted by Crippen LogP contribution is -2.33. The zero-order valence-corrected chi connectivity index (χ0v) is 14.2. The molecule has 0 radical (unpaired) electrons. The third-order valence-corrected chi connectivity index (χ3v) is 4.59. The summed E-state index contributed by atoms with van der Waals surface area (Å²) in [5.41, 5.74) is 2.32. The van der Waals surface area contributed by atoms with Crippen molar-refractivity contribution in [2.24, 2.45) is 5.92 Å². The van der Waals surface area contributed by atoms with Crippen LogP contribution in [0.3, 0.4) is 0 Å². The summed E-state index contributed by atoms with van der Waals surface area (Å²) in [6.45, 7) is 6.10.